The third-order valence-electron chi connectivity index (χ3n) is 10.9. The first kappa shape index (κ1) is 21.0. The number of hydrogen-bond acceptors (Lipinski definition) is 4. The third-order valence-corrected chi connectivity index (χ3v) is 10.9. The van der Waals surface area contributed by atoms with Crippen LogP contribution in [0.2, 0.25) is 0 Å². The lowest BCUT2D eigenvalue weighted by atomic mass is 9.44. The van der Waals surface area contributed by atoms with Gasteiger partial charge >= 0.3 is 0 Å². The number of benzene rings is 1. The minimum atomic E-state index is -0.477. The van der Waals surface area contributed by atoms with Crippen LogP contribution in [0, 0.1) is 40.4 Å². The topological polar surface area (TPSA) is 55.8 Å². The number of carbonyl (C=O) groups excluding carboxylic acids is 1. The predicted molar refractivity (Wildman–Crippen MR) is 123 cm³/mol. The molecule has 5 aliphatic rings. The summed E-state index contributed by atoms with van der Waals surface area (Å²) in [4.78, 5) is 13.7. The number of Topliss-reactive ketones (excluding diaryl/α,β-unsaturated/α-hetero) is 1. The van der Waals surface area contributed by atoms with Crippen LogP contribution >= 0.6 is 0 Å². The fourth-order valence-electron chi connectivity index (χ4n) is 9.11. The van der Waals surface area contributed by atoms with Crippen LogP contribution in [0.4, 0.5) is 0 Å². The van der Waals surface area contributed by atoms with Crippen molar-refractivity contribution in [1.82, 2.24) is 0 Å². The molecule has 0 radical (unpaired) electrons. The van der Waals surface area contributed by atoms with E-state index in [0.29, 0.717) is 28.8 Å². The maximum absolute atomic E-state index is 13.7. The summed E-state index contributed by atoms with van der Waals surface area (Å²) in [6.07, 6.45) is 10.2. The molecule has 0 spiro atoms. The van der Waals surface area contributed by atoms with Crippen molar-refractivity contribution in [2.45, 2.75) is 84.2 Å². The summed E-state index contributed by atoms with van der Waals surface area (Å²) < 4.78 is 11.0. The lowest BCUT2D eigenvalue weighted by Crippen LogP contribution is -2.55. The van der Waals surface area contributed by atoms with Gasteiger partial charge in [-0.3, -0.25) is 4.79 Å². The molecule has 4 saturated carbocycles. The summed E-state index contributed by atoms with van der Waals surface area (Å²) in [7, 11) is 0. The zero-order valence-corrected chi connectivity index (χ0v) is 19.9. The highest BCUT2D eigenvalue weighted by Crippen LogP contribution is 2.68. The molecule has 1 aromatic carbocycles. The van der Waals surface area contributed by atoms with Crippen molar-refractivity contribution in [1.29, 1.82) is 0 Å². The Morgan fingerprint density at radius 2 is 1.69 bits per heavy atom. The van der Waals surface area contributed by atoms with Gasteiger partial charge in [0.15, 0.2) is 17.3 Å². The fourth-order valence-corrected chi connectivity index (χ4v) is 9.11. The third kappa shape index (κ3) is 2.94. The molecule has 1 aliphatic heterocycles. The van der Waals surface area contributed by atoms with E-state index in [9.17, 15) is 9.90 Å². The SMILES string of the molecule is C[C@@]1(O)CC[C@@]2(C)C(CC[C@H]3[C@@H]4CC[C@H](C(=O)c5ccc6c(c5)OCO6)[C@@]4(C)CC[C@@H]32)C1. The number of fused-ring (bicyclic) bond motifs is 6. The zero-order valence-electron chi connectivity index (χ0n) is 19.9. The van der Waals surface area contributed by atoms with Gasteiger partial charge in [0.2, 0.25) is 6.79 Å². The zero-order chi connectivity index (χ0) is 22.3. The standard InChI is InChI=1S/C28H38O4/c1-26(30)12-13-27(2)18(15-26)5-6-19-20-7-8-22(28(20,3)11-10-21(19)27)25(29)17-4-9-23-24(14-17)32-16-31-23/h4,9,14,18-22,30H,5-8,10-13,15-16H2,1-3H3/t18?,19-,20-,21-,22+,26+,27-,28-/m0/s1. The second-order valence-corrected chi connectivity index (χ2v) is 12.5. The molecule has 4 heteroatoms. The molecule has 1 heterocycles. The van der Waals surface area contributed by atoms with Crippen LogP contribution < -0.4 is 9.47 Å². The summed E-state index contributed by atoms with van der Waals surface area (Å²) in [5, 5.41) is 10.7. The summed E-state index contributed by atoms with van der Waals surface area (Å²) in [6, 6.07) is 5.72. The van der Waals surface area contributed by atoms with Crippen LogP contribution in [0.5, 0.6) is 11.5 Å². The van der Waals surface area contributed by atoms with E-state index < -0.39 is 5.60 Å². The minimum absolute atomic E-state index is 0.109. The van der Waals surface area contributed by atoms with Crippen molar-refractivity contribution < 1.29 is 19.4 Å². The molecule has 1 unspecified atom stereocenters. The van der Waals surface area contributed by atoms with E-state index in [1.807, 2.05) is 25.1 Å². The number of carbonyl (C=O) groups is 1. The van der Waals surface area contributed by atoms with Gasteiger partial charge in [-0.1, -0.05) is 13.8 Å². The van der Waals surface area contributed by atoms with Crippen molar-refractivity contribution >= 4 is 5.78 Å². The molecule has 1 aromatic rings. The molecular weight excluding hydrogens is 400 g/mol. The maximum Gasteiger partial charge on any atom is 0.231 e. The molecule has 0 amide bonds. The number of hydrogen-bond donors (Lipinski definition) is 1. The Morgan fingerprint density at radius 3 is 2.53 bits per heavy atom. The summed E-state index contributed by atoms with van der Waals surface area (Å²) >= 11 is 0. The lowest BCUT2D eigenvalue weighted by Gasteiger charge is -2.61. The van der Waals surface area contributed by atoms with Crippen LogP contribution in [-0.4, -0.2) is 23.3 Å². The van der Waals surface area contributed by atoms with Crippen LogP contribution in [-0.2, 0) is 0 Å². The number of aliphatic hydroxyl groups is 1. The highest BCUT2D eigenvalue weighted by Gasteiger charge is 2.61. The first-order chi connectivity index (χ1) is 15.2. The van der Waals surface area contributed by atoms with Crippen molar-refractivity contribution in [2.75, 3.05) is 6.79 Å². The molecule has 32 heavy (non-hydrogen) atoms. The van der Waals surface area contributed by atoms with Gasteiger partial charge in [-0.25, -0.2) is 0 Å². The molecule has 0 bridgehead atoms. The Kier molecular flexibility index (Phi) is 4.58. The highest BCUT2D eigenvalue weighted by molar-refractivity contribution is 5.99. The van der Waals surface area contributed by atoms with Gasteiger partial charge in [-0.2, -0.15) is 0 Å². The normalized spacial score (nSPS) is 46.8. The van der Waals surface area contributed by atoms with Crippen LogP contribution in [0.1, 0.15) is 88.9 Å². The Balaban J connectivity index is 1.25. The lowest BCUT2D eigenvalue weighted by molar-refractivity contribution is -0.144. The molecule has 4 nitrogen and oxygen atoms in total. The van der Waals surface area contributed by atoms with Gasteiger partial charge in [0.25, 0.3) is 0 Å². The van der Waals surface area contributed by atoms with Crippen LogP contribution in [0.15, 0.2) is 18.2 Å². The first-order valence-corrected chi connectivity index (χ1v) is 12.9. The van der Waals surface area contributed by atoms with Crippen LogP contribution in [0.25, 0.3) is 0 Å². The number of ether oxygens (including phenoxy) is 2. The van der Waals surface area contributed by atoms with E-state index in [4.69, 9.17) is 9.47 Å². The van der Waals surface area contributed by atoms with E-state index in [1.165, 1.54) is 32.1 Å². The van der Waals surface area contributed by atoms with Crippen molar-refractivity contribution in [3.63, 3.8) is 0 Å². The Hall–Kier alpha value is -1.55. The summed E-state index contributed by atoms with van der Waals surface area (Å²) in [6.45, 7) is 7.25. The molecule has 0 aromatic heterocycles. The summed E-state index contributed by atoms with van der Waals surface area (Å²) in [5.41, 5.74) is 0.785. The largest absolute Gasteiger partial charge is 0.454 e. The van der Waals surface area contributed by atoms with Gasteiger partial charge in [0, 0.05) is 11.5 Å². The van der Waals surface area contributed by atoms with Gasteiger partial charge in [-0.15, -0.1) is 0 Å². The quantitative estimate of drug-likeness (QED) is 0.575. The van der Waals surface area contributed by atoms with E-state index in [1.54, 1.807) is 0 Å². The van der Waals surface area contributed by atoms with E-state index in [-0.39, 0.29) is 18.1 Å². The first-order valence-electron chi connectivity index (χ1n) is 12.9. The van der Waals surface area contributed by atoms with E-state index in [0.717, 1.165) is 48.8 Å². The smallest absolute Gasteiger partial charge is 0.231 e. The average molecular weight is 439 g/mol. The van der Waals surface area contributed by atoms with Crippen molar-refractivity contribution in [3.8, 4) is 11.5 Å². The number of ketones is 1. The summed E-state index contributed by atoms with van der Waals surface area (Å²) in [5.74, 6) is 4.69. The van der Waals surface area contributed by atoms with Gasteiger partial charge in [-0.05, 0) is 117 Å². The molecule has 8 atom stereocenters. The second-order valence-electron chi connectivity index (χ2n) is 12.5. The maximum atomic E-state index is 13.7. The van der Waals surface area contributed by atoms with Gasteiger partial charge in [0.1, 0.15) is 0 Å². The molecule has 4 fully saturated rings. The predicted octanol–water partition coefficient (Wildman–Crippen LogP) is 6.01. The Morgan fingerprint density at radius 1 is 0.906 bits per heavy atom. The molecular formula is C28H38O4. The van der Waals surface area contributed by atoms with Gasteiger partial charge in [0.05, 0.1) is 5.60 Å². The minimum Gasteiger partial charge on any atom is -0.454 e. The highest BCUT2D eigenvalue weighted by atomic mass is 16.7. The van der Waals surface area contributed by atoms with E-state index in [2.05, 4.69) is 13.8 Å². The van der Waals surface area contributed by atoms with Crippen molar-refractivity contribution in [2.24, 2.45) is 40.4 Å². The van der Waals surface area contributed by atoms with Gasteiger partial charge < -0.3 is 14.6 Å². The van der Waals surface area contributed by atoms with Crippen LogP contribution in [0.3, 0.4) is 0 Å². The van der Waals surface area contributed by atoms with Crippen molar-refractivity contribution in [3.05, 3.63) is 23.8 Å². The molecule has 174 valence electrons. The second kappa shape index (κ2) is 6.98. The fraction of sp³-hybridized carbons (Fsp3) is 0.750. The molecule has 6 rings (SSSR count). The Labute approximate surface area is 192 Å². The molecule has 4 aliphatic carbocycles. The molecule has 0 saturated heterocycles. The number of rotatable bonds is 2. The molecule has 1 N–H and O–H groups in total. The monoisotopic (exact) mass is 438 g/mol. The van der Waals surface area contributed by atoms with E-state index >= 15 is 0 Å². The average Bonchev–Trinajstić information content (AvgIpc) is 3.37. The Bertz CT molecular complexity index is 937.